The predicted molar refractivity (Wildman–Crippen MR) is 110 cm³/mol. The molecule has 148 valence electrons. The van der Waals surface area contributed by atoms with E-state index in [-0.39, 0.29) is 5.91 Å². The van der Waals surface area contributed by atoms with Crippen molar-refractivity contribution in [3.63, 3.8) is 0 Å². The smallest absolute Gasteiger partial charge is 0.275 e. The number of hydrogen-bond acceptors (Lipinski definition) is 2. The zero-order valence-corrected chi connectivity index (χ0v) is 17.7. The van der Waals surface area contributed by atoms with Gasteiger partial charge in [-0.1, -0.05) is 45.7 Å². The van der Waals surface area contributed by atoms with Crippen LogP contribution in [-0.2, 0) is 4.79 Å². The van der Waals surface area contributed by atoms with E-state index in [1.54, 1.807) is 0 Å². The van der Waals surface area contributed by atoms with Crippen molar-refractivity contribution >= 4 is 5.91 Å². The van der Waals surface area contributed by atoms with Crippen LogP contribution in [0.3, 0.4) is 0 Å². The summed E-state index contributed by atoms with van der Waals surface area (Å²) < 4.78 is 6.75. The van der Waals surface area contributed by atoms with Crippen molar-refractivity contribution in [1.29, 1.82) is 0 Å². The number of amides is 1. The molecule has 0 unspecified atom stereocenters. The fourth-order valence-electron chi connectivity index (χ4n) is 3.04. The summed E-state index contributed by atoms with van der Waals surface area (Å²) >= 11 is 0. The normalized spacial score (nSPS) is 11.7. The molecule has 0 fully saturated rings. The standard InChI is InChI=1S/C22H38N2O2/c1-7-8-9-13-23-22(25)17-24(5,6)14-10-15-26-21-16-19(4)11-12-20(21)18(2)3/h11-12,16,18H,7-10,13-15,17H2,1-6H3/p+1. The minimum Gasteiger partial charge on any atom is -0.493 e. The molecule has 0 atom stereocenters. The number of unbranched alkanes of at least 4 members (excludes halogenated alkanes) is 2. The van der Waals surface area contributed by atoms with Gasteiger partial charge in [-0.05, 0) is 36.5 Å². The van der Waals surface area contributed by atoms with E-state index in [4.69, 9.17) is 4.74 Å². The summed E-state index contributed by atoms with van der Waals surface area (Å²) in [4.78, 5) is 12.1. The highest BCUT2D eigenvalue weighted by molar-refractivity contribution is 5.76. The van der Waals surface area contributed by atoms with Crippen LogP contribution in [0.4, 0.5) is 0 Å². The Morgan fingerprint density at radius 2 is 1.92 bits per heavy atom. The van der Waals surface area contributed by atoms with Crippen molar-refractivity contribution in [1.82, 2.24) is 5.32 Å². The lowest BCUT2D eigenvalue weighted by Crippen LogP contribution is -2.48. The van der Waals surface area contributed by atoms with Crippen molar-refractivity contribution in [3.05, 3.63) is 29.3 Å². The average molecular weight is 364 g/mol. The second-order valence-electron chi connectivity index (χ2n) is 8.27. The van der Waals surface area contributed by atoms with Crippen LogP contribution in [0.25, 0.3) is 0 Å². The molecule has 1 rings (SSSR count). The van der Waals surface area contributed by atoms with Gasteiger partial charge in [-0.15, -0.1) is 0 Å². The third-order valence-corrected chi connectivity index (χ3v) is 4.63. The topological polar surface area (TPSA) is 38.3 Å². The molecule has 4 nitrogen and oxygen atoms in total. The van der Waals surface area contributed by atoms with E-state index in [2.05, 4.69) is 65.3 Å². The van der Waals surface area contributed by atoms with Crippen molar-refractivity contribution in [2.75, 3.05) is 40.3 Å². The number of carbonyl (C=O) groups is 1. The average Bonchev–Trinajstić information content (AvgIpc) is 2.55. The lowest BCUT2D eigenvalue weighted by atomic mass is 10.0. The molecule has 0 aliphatic rings. The molecule has 1 N–H and O–H groups in total. The van der Waals surface area contributed by atoms with Gasteiger partial charge in [0.1, 0.15) is 5.75 Å². The first kappa shape index (κ1) is 22.5. The Bertz CT molecular complexity index is 553. The minimum absolute atomic E-state index is 0.146. The van der Waals surface area contributed by atoms with Gasteiger partial charge < -0.3 is 14.5 Å². The summed E-state index contributed by atoms with van der Waals surface area (Å²) in [6, 6.07) is 6.43. The fraction of sp³-hybridized carbons (Fsp3) is 0.682. The number of nitrogens with one attached hydrogen (secondary N) is 1. The maximum absolute atomic E-state index is 12.1. The number of nitrogens with zero attached hydrogens (tertiary/aromatic N) is 1. The monoisotopic (exact) mass is 363 g/mol. The summed E-state index contributed by atoms with van der Waals surface area (Å²) in [6.07, 6.45) is 4.35. The number of likely N-dealkylation sites (N-methyl/N-ethyl adjacent to an activating group) is 1. The van der Waals surface area contributed by atoms with Crippen LogP contribution < -0.4 is 10.1 Å². The summed E-state index contributed by atoms with van der Waals surface area (Å²) in [5.74, 6) is 1.60. The first-order valence-corrected chi connectivity index (χ1v) is 10.1. The fourth-order valence-corrected chi connectivity index (χ4v) is 3.04. The first-order valence-electron chi connectivity index (χ1n) is 10.1. The summed E-state index contributed by atoms with van der Waals surface area (Å²) in [5, 5.41) is 3.03. The van der Waals surface area contributed by atoms with Gasteiger partial charge in [0.2, 0.25) is 0 Å². The third-order valence-electron chi connectivity index (χ3n) is 4.63. The van der Waals surface area contributed by atoms with E-state index in [1.807, 2.05) is 0 Å². The van der Waals surface area contributed by atoms with Gasteiger partial charge in [-0.25, -0.2) is 0 Å². The molecule has 0 saturated heterocycles. The molecule has 0 aromatic heterocycles. The van der Waals surface area contributed by atoms with Gasteiger partial charge in [0.15, 0.2) is 6.54 Å². The molecule has 1 aromatic carbocycles. The molecule has 0 aliphatic heterocycles. The minimum atomic E-state index is 0.146. The van der Waals surface area contributed by atoms with Crippen LogP contribution in [0.2, 0.25) is 0 Å². The van der Waals surface area contributed by atoms with Crippen molar-refractivity contribution < 1.29 is 14.0 Å². The zero-order chi connectivity index (χ0) is 19.6. The lowest BCUT2D eigenvalue weighted by molar-refractivity contribution is -0.882. The highest BCUT2D eigenvalue weighted by atomic mass is 16.5. The number of carbonyl (C=O) groups excluding carboxylic acids is 1. The van der Waals surface area contributed by atoms with Crippen LogP contribution in [0, 0.1) is 6.92 Å². The highest BCUT2D eigenvalue weighted by Gasteiger charge is 2.19. The van der Waals surface area contributed by atoms with Gasteiger partial charge in [-0.2, -0.15) is 0 Å². The molecule has 1 aromatic rings. The Kier molecular flexibility index (Phi) is 9.71. The van der Waals surface area contributed by atoms with Gasteiger partial charge in [0.05, 0.1) is 27.2 Å². The maximum Gasteiger partial charge on any atom is 0.275 e. The molecular formula is C22H39N2O2+. The molecule has 0 spiro atoms. The second kappa shape index (κ2) is 11.2. The predicted octanol–water partition coefficient (Wildman–Crippen LogP) is 4.27. The largest absolute Gasteiger partial charge is 0.493 e. The van der Waals surface area contributed by atoms with E-state index in [9.17, 15) is 4.79 Å². The molecular weight excluding hydrogens is 324 g/mol. The third kappa shape index (κ3) is 8.70. The SMILES string of the molecule is CCCCCNC(=O)C[N+](C)(C)CCCOc1cc(C)ccc1C(C)C. The van der Waals surface area contributed by atoms with E-state index in [0.29, 0.717) is 23.6 Å². The summed E-state index contributed by atoms with van der Waals surface area (Å²) in [5.41, 5.74) is 2.48. The Labute approximate surface area is 160 Å². The van der Waals surface area contributed by atoms with Crippen molar-refractivity contribution in [2.45, 2.75) is 59.3 Å². The number of rotatable bonds is 12. The second-order valence-corrected chi connectivity index (χ2v) is 8.27. The van der Waals surface area contributed by atoms with Crippen LogP contribution in [0.1, 0.15) is 63.5 Å². The molecule has 26 heavy (non-hydrogen) atoms. The highest BCUT2D eigenvalue weighted by Crippen LogP contribution is 2.27. The van der Waals surface area contributed by atoms with Gasteiger partial charge in [0, 0.05) is 13.0 Å². The van der Waals surface area contributed by atoms with E-state index < -0.39 is 0 Å². The quantitative estimate of drug-likeness (QED) is 0.445. The van der Waals surface area contributed by atoms with Crippen molar-refractivity contribution in [3.8, 4) is 5.75 Å². The van der Waals surface area contributed by atoms with E-state index >= 15 is 0 Å². The molecule has 1 amide bonds. The molecule has 0 aliphatic carbocycles. The number of benzene rings is 1. The molecule has 4 heteroatoms. The van der Waals surface area contributed by atoms with Crippen LogP contribution in [0.15, 0.2) is 18.2 Å². The van der Waals surface area contributed by atoms with E-state index in [1.165, 1.54) is 24.0 Å². The summed E-state index contributed by atoms with van der Waals surface area (Å²) in [6.45, 7) is 11.6. The van der Waals surface area contributed by atoms with Crippen molar-refractivity contribution in [2.24, 2.45) is 0 Å². The van der Waals surface area contributed by atoms with Gasteiger partial charge in [-0.3, -0.25) is 4.79 Å². The Hall–Kier alpha value is -1.55. The van der Waals surface area contributed by atoms with Gasteiger partial charge in [0.25, 0.3) is 5.91 Å². The Morgan fingerprint density at radius 3 is 2.58 bits per heavy atom. The number of hydrogen-bond donors (Lipinski definition) is 1. The lowest BCUT2D eigenvalue weighted by Gasteiger charge is -2.29. The van der Waals surface area contributed by atoms with Crippen LogP contribution in [0.5, 0.6) is 5.75 Å². The zero-order valence-electron chi connectivity index (χ0n) is 17.7. The van der Waals surface area contributed by atoms with E-state index in [0.717, 1.165) is 31.7 Å². The molecule has 0 saturated carbocycles. The first-order chi connectivity index (χ1) is 12.2. The Balaban J connectivity index is 2.38. The molecule has 0 bridgehead atoms. The number of aryl methyl sites for hydroxylation is 1. The molecule has 0 radical (unpaired) electrons. The van der Waals surface area contributed by atoms with Crippen LogP contribution in [-0.4, -0.2) is 50.7 Å². The Morgan fingerprint density at radius 1 is 1.19 bits per heavy atom. The number of quaternary nitrogens is 1. The summed E-state index contributed by atoms with van der Waals surface area (Å²) in [7, 11) is 4.22. The van der Waals surface area contributed by atoms with Gasteiger partial charge >= 0.3 is 0 Å². The van der Waals surface area contributed by atoms with Crippen LogP contribution >= 0.6 is 0 Å². The number of ether oxygens (including phenoxy) is 1. The molecule has 0 heterocycles. The maximum atomic E-state index is 12.1.